The van der Waals surface area contributed by atoms with Gasteiger partial charge in [-0.05, 0) is 33.1 Å². The second-order valence-electron chi connectivity index (χ2n) is 4.61. The SMILES string of the molecule is CCC1CCC(C)N1C(=O)c1cn[nH]c1C. The number of carbonyl (C=O) groups is 1. The van der Waals surface area contributed by atoms with Gasteiger partial charge >= 0.3 is 0 Å². The average Bonchev–Trinajstić information content (AvgIpc) is 2.83. The molecule has 0 aliphatic carbocycles. The van der Waals surface area contributed by atoms with Crippen molar-refractivity contribution in [2.75, 3.05) is 0 Å². The summed E-state index contributed by atoms with van der Waals surface area (Å²) in [6.07, 6.45) is 4.91. The Kier molecular flexibility index (Phi) is 2.99. The van der Waals surface area contributed by atoms with Gasteiger partial charge in [0.1, 0.15) is 0 Å². The lowest BCUT2D eigenvalue weighted by atomic mass is 10.1. The van der Waals surface area contributed by atoms with Gasteiger partial charge in [-0.2, -0.15) is 5.10 Å². The molecule has 1 aromatic rings. The lowest BCUT2D eigenvalue weighted by Gasteiger charge is -2.27. The number of aromatic nitrogens is 2. The second kappa shape index (κ2) is 4.28. The van der Waals surface area contributed by atoms with Crippen molar-refractivity contribution in [3.8, 4) is 0 Å². The molecule has 1 fully saturated rings. The maximum atomic E-state index is 12.4. The molecule has 16 heavy (non-hydrogen) atoms. The minimum absolute atomic E-state index is 0.128. The van der Waals surface area contributed by atoms with Gasteiger partial charge in [-0.15, -0.1) is 0 Å². The Hall–Kier alpha value is -1.32. The third-order valence-corrected chi connectivity index (χ3v) is 3.55. The quantitative estimate of drug-likeness (QED) is 0.831. The molecule has 1 saturated heterocycles. The molecule has 0 spiro atoms. The van der Waals surface area contributed by atoms with Crippen LogP contribution in [-0.2, 0) is 0 Å². The Morgan fingerprint density at radius 1 is 1.62 bits per heavy atom. The molecule has 88 valence electrons. The molecule has 2 unspecified atom stereocenters. The number of aryl methyl sites for hydroxylation is 1. The summed E-state index contributed by atoms with van der Waals surface area (Å²) in [5.74, 6) is 0.128. The molecule has 2 rings (SSSR count). The minimum Gasteiger partial charge on any atom is -0.333 e. The first-order valence-electron chi connectivity index (χ1n) is 5.97. The fourth-order valence-corrected chi connectivity index (χ4v) is 2.54. The van der Waals surface area contributed by atoms with Crippen LogP contribution in [0.3, 0.4) is 0 Å². The summed E-state index contributed by atoms with van der Waals surface area (Å²) < 4.78 is 0. The van der Waals surface area contributed by atoms with Crippen LogP contribution in [0.15, 0.2) is 6.20 Å². The van der Waals surface area contributed by atoms with Crippen LogP contribution in [0.2, 0.25) is 0 Å². The van der Waals surface area contributed by atoms with Crippen LogP contribution in [0.1, 0.15) is 49.2 Å². The van der Waals surface area contributed by atoms with Crippen molar-refractivity contribution in [1.29, 1.82) is 0 Å². The van der Waals surface area contributed by atoms with E-state index in [4.69, 9.17) is 0 Å². The van der Waals surface area contributed by atoms with Gasteiger partial charge in [-0.3, -0.25) is 9.89 Å². The van der Waals surface area contributed by atoms with Gasteiger partial charge in [0.05, 0.1) is 11.8 Å². The summed E-state index contributed by atoms with van der Waals surface area (Å²) >= 11 is 0. The van der Waals surface area contributed by atoms with Crippen molar-refractivity contribution in [2.24, 2.45) is 0 Å². The number of nitrogens with zero attached hydrogens (tertiary/aromatic N) is 2. The third kappa shape index (κ3) is 1.72. The van der Waals surface area contributed by atoms with Crippen LogP contribution in [0.25, 0.3) is 0 Å². The number of hydrogen-bond acceptors (Lipinski definition) is 2. The summed E-state index contributed by atoms with van der Waals surface area (Å²) in [5, 5.41) is 6.74. The highest BCUT2D eigenvalue weighted by atomic mass is 16.2. The molecule has 1 aliphatic heterocycles. The molecular weight excluding hydrogens is 202 g/mol. The molecule has 0 radical (unpaired) electrons. The highest BCUT2D eigenvalue weighted by molar-refractivity contribution is 5.95. The number of carbonyl (C=O) groups excluding carboxylic acids is 1. The van der Waals surface area contributed by atoms with Gasteiger partial charge < -0.3 is 4.90 Å². The van der Waals surface area contributed by atoms with Crippen LogP contribution in [-0.4, -0.2) is 33.1 Å². The zero-order chi connectivity index (χ0) is 11.7. The monoisotopic (exact) mass is 221 g/mol. The second-order valence-corrected chi connectivity index (χ2v) is 4.61. The van der Waals surface area contributed by atoms with Crippen LogP contribution in [0.5, 0.6) is 0 Å². The Bertz CT molecular complexity index is 385. The van der Waals surface area contributed by atoms with E-state index in [0.29, 0.717) is 17.6 Å². The van der Waals surface area contributed by atoms with Crippen molar-refractivity contribution < 1.29 is 4.79 Å². The molecule has 1 N–H and O–H groups in total. The fraction of sp³-hybridized carbons (Fsp3) is 0.667. The molecule has 1 aromatic heterocycles. The van der Waals surface area contributed by atoms with Crippen LogP contribution in [0, 0.1) is 6.92 Å². The van der Waals surface area contributed by atoms with Gasteiger partial charge in [0, 0.05) is 17.8 Å². The van der Waals surface area contributed by atoms with Gasteiger partial charge in [-0.25, -0.2) is 0 Å². The first-order chi connectivity index (χ1) is 7.65. The van der Waals surface area contributed by atoms with E-state index in [0.717, 1.165) is 25.0 Å². The maximum absolute atomic E-state index is 12.4. The van der Waals surface area contributed by atoms with Gasteiger partial charge in [-0.1, -0.05) is 6.92 Å². The van der Waals surface area contributed by atoms with E-state index in [9.17, 15) is 4.79 Å². The van der Waals surface area contributed by atoms with E-state index in [1.807, 2.05) is 11.8 Å². The number of rotatable bonds is 2. The van der Waals surface area contributed by atoms with Crippen LogP contribution < -0.4 is 0 Å². The Morgan fingerprint density at radius 2 is 2.38 bits per heavy atom. The van der Waals surface area contributed by atoms with E-state index >= 15 is 0 Å². The topological polar surface area (TPSA) is 49.0 Å². The molecule has 4 nitrogen and oxygen atoms in total. The van der Waals surface area contributed by atoms with Crippen molar-refractivity contribution >= 4 is 5.91 Å². The normalized spacial score (nSPS) is 25.1. The van der Waals surface area contributed by atoms with Gasteiger partial charge in [0.2, 0.25) is 0 Å². The maximum Gasteiger partial charge on any atom is 0.257 e. The molecule has 4 heteroatoms. The summed E-state index contributed by atoms with van der Waals surface area (Å²) in [4.78, 5) is 14.4. The lowest BCUT2D eigenvalue weighted by molar-refractivity contribution is 0.0675. The number of likely N-dealkylation sites (tertiary alicyclic amines) is 1. The van der Waals surface area contributed by atoms with E-state index in [2.05, 4.69) is 24.0 Å². The standard InChI is InChI=1S/C12H19N3O/c1-4-10-6-5-8(2)15(10)12(16)11-7-13-14-9(11)3/h7-8,10H,4-6H2,1-3H3,(H,13,14). The fourth-order valence-electron chi connectivity index (χ4n) is 2.54. The van der Waals surface area contributed by atoms with Crippen molar-refractivity contribution in [3.63, 3.8) is 0 Å². The van der Waals surface area contributed by atoms with Gasteiger partial charge in [0.15, 0.2) is 0 Å². The number of aromatic amines is 1. The lowest BCUT2D eigenvalue weighted by Crippen LogP contribution is -2.39. The zero-order valence-electron chi connectivity index (χ0n) is 10.2. The highest BCUT2D eigenvalue weighted by Gasteiger charge is 2.34. The molecule has 2 atom stereocenters. The first kappa shape index (κ1) is 11.2. The first-order valence-corrected chi connectivity index (χ1v) is 5.97. The Balaban J connectivity index is 2.24. The molecule has 1 aliphatic rings. The molecule has 1 amide bonds. The number of H-pyrrole nitrogens is 1. The van der Waals surface area contributed by atoms with Crippen LogP contribution >= 0.6 is 0 Å². The van der Waals surface area contributed by atoms with Crippen LogP contribution in [0.4, 0.5) is 0 Å². The van der Waals surface area contributed by atoms with E-state index in [1.54, 1.807) is 6.20 Å². The molecular formula is C12H19N3O. The zero-order valence-corrected chi connectivity index (χ0v) is 10.2. The minimum atomic E-state index is 0.128. The van der Waals surface area contributed by atoms with E-state index in [-0.39, 0.29) is 5.91 Å². The Morgan fingerprint density at radius 3 is 2.94 bits per heavy atom. The van der Waals surface area contributed by atoms with E-state index in [1.165, 1.54) is 0 Å². The molecule has 2 heterocycles. The number of nitrogens with one attached hydrogen (secondary N) is 1. The Labute approximate surface area is 96.0 Å². The van der Waals surface area contributed by atoms with Crippen molar-refractivity contribution in [2.45, 2.75) is 52.1 Å². The molecule has 0 aromatic carbocycles. The largest absolute Gasteiger partial charge is 0.333 e. The number of hydrogen-bond donors (Lipinski definition) is 1. The molecule has 0 bridgehead atoms. The predicted octanol–water partition coefficient (Wildman–Crippen LogP) is 2.12. The highest BCUT2D eigenvalue weighted by Crippen LogP contribution is 2.28. The predicted molar refractivity (Wildman–Crippen MR) is 62.3 cm³/mol. The van der Waals surface area contributed by atoms with Crippen molar-refractivity contribution in [3.05, 3.63) is 17.5 Å². The summed E-state index contributed by atoms with van der Waals surface area (Å²) in [5.41, 5.74) is 1.58. The van der Waals surface area contributed by atoms with E-state index < -0.39 is 0 Å². The average molecular weight is 221 g/mol. The summed E-state index contributed by atoms with van der Waals surface area (Å²) in [7, 11) is 0. The number of amides is 1. The van der Waals surface area contributed by atoms with Gasteiger partial charge in [0.25, 0.3) is 5.91 Å². The smallest absolute Gasteiger partial charge is 0.257 e. The third-order valence-electron chi connectivity index (χ3n) is 3.55. The summed E-state index contributed by atoms with van der Waals surface area (Å²) in [6, 6.07) is 0.753. The summed E-state index contributed by atoms with van der Waals surface area (Å²) in [6.45, 7) is 6.16. The van der Waals surface area contributed by atoms with Crippen molar-refractivity contribution in [1.82, 2.24) is 15.1 Å². The molecule has 0 saturated carbocycles.